The molecule has 0 saturated heterocycles. The minimum atomic E-state index is -0.191. The van der Waals surface area contributed by atoms with Crippen LogP contribution in [-0.2, 0) is 22.4 Å². The molecule has 0 saturated carbocycles. The molecule has 0 radical (unpaired) electrons. The van der Waals surface area contributed by atoms with E-state index < -0.39 is 0 Å². The van der Waals surface area contributed by atoms with Gasteiger partial charge in [0, 0.05) is 31.4 Å². The van der Waals surface area contributed by atoms with Crippen LogP contribution in [0.3, 0.4) is 0 Å². The molecule has 0 aliphatic heterocycles. The highest BCUT2D eigenvalue weighted by Crippen LogP contribution is 2.17. The van der Waals surface area contributed by atoms with Crippen molar-refractivity contribution < 1.29 is 9.59 Å². The number of anilines is 2. The van der Waals surface area contributed by atoms with Gasteiger partial charge in [0.15, 0.2) is 0 Å². The van der Waals surface area contributed by atoms with Crippen LogP contribution in [0.15, 0.2) is 42.6 Å². The number of rotatable bonds is 11. The van der Waals surface area contributed by atoms with Crippen LogP contribution in [-0.4, -0.2) is 71.9 Å². The SMILES string of the molecule is CCc1ncc(Nc2cccc(C[C@@H](C)NC(=O)CN(C)C(=O)/C=C/CN(C)C)c2)nc1C. The van der Waals surface area contributed by atoms with Crippen molar-refractivity contribution in [2.75, 3.05) is 39.5 Å². The first-order valence-electron chi connectivity index (χ1n) is 11.2. The van der Waals surface area contributed by atoms with Gasteiger partial charge in [-0.15, -0.1) is 0 Å². The van der Waals surface area contributed by atoms with Gasteiger partial charge in [-0.1, -0.05) is 25.1 Å². The summed E-state index contributed by atoms with van der Waals surface area (Å²) in [6, 6.07) is 7.93. The third-order valence-corrected chi connectivity index (χ3v) is 5.02. The van der Waals surface area contributed by atoms with Gasteiger partial charge < -0.3 is 20.4 Å². The molecule has 1 heterocycles. The smallest absolute Gasteiger partial charge is 0.246 e. The Labute approximate surface area is 197 Å². The van der Waals surface area contributed by atoms with Crippen LogP contribution < -0.4 is 10.6 Å². The second-order valence-electron chi connectivity index (χ2n) is 8.50. The van der Waals surface area contributed by atoms with E-state index in [-0.39, 0.29) is 24.4 Å². The van der Waals surface area contributed by atoms with Crippen LogP contribution in [0.4, 0.5) is 11.5 Å². The fourth-order valence-electron chi connectivity index (χ4n) is 3.35. The van der Waals surface area contributed by atoms with E-state index in [9.17, 15) is 9.59 Å². The summed E-state index contributed by atoms with van der Waals surface area (Å²) in [7, 11) is 5.48. The summed E-state index contributed by atoms with van der Waals surface area (Å²) < 4.78 is 0. The quantitative estimate of drug-likeness (QED) is 0.510. The topological polar surface area (TPSA) is 90.5 Å². The zero-order valence-corrected chi connectivity index (χ0v) is 20.6. The Bertz CT molecular complexity index is 973. The standard InChI is InChI=1S/C25H36N6O2/c1-7-22-19(3)28-23(16-26-22)29-21-11-8-10-20(15-21)14-18(2)27-24(32)17-31(6)25(33)12-9-13-30(4)5/h8-12,15-16,18H,7,13-14,17H2,1-6H3,(H,27,32)(H,28,29)/b12-9+/t18-/m1/s1. The van der Waals surface area contributed by atoms with Crippen molar-refractivity contribution in [3.05, 3.63) is 59.6 Å². The van der Waals surface area contributed by atoms with Crippen LogP contribution in [0.25, 0.3) is 0 Å². The fraction of sp³-hybridized carbons (Fsp3) is 0.440. The number of likely N-dealkylation sites (N-methyl/N-ethyl adjacent to an activating group) is 2. The lowest BCUT2D eigenvalue weighted by molar-refractivity contribution is -0.131. The molecule has 0 unspecified atom stereocenters. The maximum atomic E-state index is 12.4. The normalized spacial score (nSPS) is 12.1. The molecule has 8 nitrogen and oxygen atoms in total. The number of nitrogens with zero attached hydrogens (tertiary/aromatic N) is 4. The van der Waals surface area contributed by atoms with Crippen molar-refractivity contribution in [1.82, 2.24) is 25.1 Å². The Hall–Kier alpha value is -3.26. The molecule has 1 atom stereocenters. The lowest BCUT2D eigenvalue weighted by Crippen LogP contribution is -2.42. The van der Waals surface area contributed by atoms with Crippen molar-refractivity contribution in [2.45, 2.75) is 39.7 Å². The number of carbonyl (C=O) groups excluding carboxylic acids is 2. The van der Waals surface area contributed by atoms with E-state index >= 15 is 0 Å². The van der Waals surface area contributed by atoms with Gasteiger partial charge in [0.05, 0.1) is 24.1 Å². The number of aryl methyl sites for hydroxylation is 2. The molecule has 0 fully saturated rings. The first-order valence-corrected chi connectivity index (χ1v) is 11.2. The van der Waals surface area contributed by atoms with Crippen LogP contribution in [0, 0.1) is 6.92 Å². The van der Waals surface area contributed by atoms with Gasteiger partial charge in [0.1, 0.15) is 5.82 Å². The highest BCUT2D eigenvalue weighted by Gasteiger charge is 2.13. The van der Waals surface area contributed by atoms with Crippen LogP contribution in [0.5, 0.6) is 0 Å². The predicted octanol–water partition coefficient (Wildman–Crippen LogP) is 2.71. The number of amides is 2. The number of aromatic nitrogens is 2. The van der Waals surface area contributed by atoms with Crippen molar-refractivity contribution in [2.24, 2.45) is 0 Å². The van der Waals surface area contributed by atoms with Gasteiger partial charge in [-0.25, -0.2) is 4.98 Å². The zero-order chi connectivity index (χ0) is 24.4. The second-order valence-corrected chi connectivity index (χ2v) is 8.50. The molecule has 1 aromatic heterocycles. The highest BCUT2D eigenvalue weighted by molar-refractivity contribution is 5.91. The summed E-state index contributed by atoms with van der Waals surface area (Å²) in [5.41, 5.74) is 3.92. The molecule has 0 bridgehead atoms. The molecule has 0 spiro atoms. The lowest BCUT2D eigenvalue weighted by atomic mass is 10.1. The maximum Gasteiger partial charge on any atom is 0.246 e. The predicted molar refractivity (Wildman–Crippen MR) is 133 cm³/mol. The lowest BCUT2D eigenvalue weighted by Gasteiger charge is -2.19. The summed E-state index contributed by atoms with van der Waals surface area (Å²) in [6.07, 6.45) is 6.55. The van der Waals surface area contributed by atoms with E-state index in [2.05, 4.69) is 27.5 Å². The molecule has 8 heteroatoms. The molecule has 0 aliphatic carbocycles. The molecular weight excluding hydrogens is 416 g/mol. The Kier molecular flexibility index (Phi) is 10.00. The Morgan fingerprint density at radius 1 is 1.21 bits per heavy atom. The molecule has 2 rings (SSSR count). The first-order chi connectivity index (χ1) is 15.7. The molecule has 1 aromatic carbocycles. The van der Waals surface area contributed by atoms with Gasteiger partial charge >= 0.3 is 0 Å². The molecular formula is C25H36N6O2. The molecule has 2 N–H and O–H groups in total. The Balaban J connectivity index is 1.88. The highest BCUT2D eigenvalue weighted by atomic mass is 16.2. The van der Waals surface area contributed by atoms with Crippen molar-refractivity contribution in [1.29, 1.82) is 0 Å². The van der Waals surface area contributed by atoms with Crippen molar-refractivity contribution >= 4 is 23.3 Å². The van der Waals surface area contributed by atoms with Gasteiger partial charge in [0.2, 0.25) is 11.8 Å². The van der Waals surface area contributed by atoms with Crippen LogP contribution >= 0.6 is 0 Å². The van der Waals surface area contributed by atoms with Gasteiger partial charge in [0.25, 0.3) is 0 Å². The first kappa shape index (κ1) is 26.0. The van der Waals surface area contributed by atoms with Crippen LogP contribution in [0.1, 0.15) is 30.8 Å². The fourth-order valence-corrected chi connectivity index (χ4v) is 3.35. The monoisotopic (exact) mass is 452 g/mol. The van der Waals surface area contributed by atoms with Gasteiger partial charge in [-0.05, 0) is 58.5 Å². The van der Waals surface area contributed by atoms with Crippen LogP contribution in [0.2, 0.25) is 0 Å². The zero-order valence-electron chi connectivity index (χ0n) is 20.6. The molecule has 33 heavy (non-hydrogen) atoms. The van der Waals surface area contributed by atoms with E-state index in [0.29, 0.717) is 18.8 Å². The minimum Gasteiger partial charge on any atom is -0.352 e. The number of hydrogen-bond donors (Lipinski definition) is 2. The molecule has 0 aliphatic rings. The van der Waals surface area contributed by atoms with E-state index in [1.54, 1.807) is 19.3 Å². The van der Waals surface area contributed by atoms with E-state index in [0.717, 1.165) is 29.1 Å². The number of nitrogens with one attached hydrogen (secondary N) is 2. The summed E-state index contributed by atoms with van der Waals surface area (Å²) in [6.45, 7) is 6.67. The summed E-state index contributed by atoms with van der Waals surface area (Å²) in [4.78, 5) is 36.9. The van der Waals surface area contributed by atoms with Gasteiger partial charge in [-0.3, -0.25) is 14.6 Å². The van der Waals surface area contributed by atoms with E-state index in [1.165, 1.54) is 11.0 Å². The van der Waals surface area contributed by atoms with E-state index in [1.807, 2.05) is 57.1 Å². The third kappa shape index (κ3) is 9.02. The maximum absolute atomic E-state index is 12.4. The largest absolute Gasteiger partial charge is 0.352 e. The summed E-state index contributed by atoms with van der Waals surface area (Å²) >= 11 is 0. The third-order valence-electron chi connectivity index (χ3n) is 5.02. The van der Waals surface area contributed by atoms with E-state index in [4.69, 9.17) is 0 Å². The summed E-state index contributed by atoms with van der Waals surface area (Å²) in [5.74, 6) is 0.328. The number of carbonyl (C=O) groups is 2. The second kappa shape index (κ2) is 12.7. The van der Waals surface area contributed by atoms with Crippen molar-refractivity contribution in [3.8, 4) is 0 Å². The molecule has 178 valence electrons. The molecule has 2 aromatic rings. The number of hydrogen-bond acceptors (Lipinski definition) is 6. The Morgan fingerprint density at radius 3 is 2.64 bits per heavy atom. The average Bonchev–Trinajstić information content (AvgIpc) is 2.73. The average molecular weight is 453 g/mol. The minimum absolute atomic E-state index is 0.0167. The van der Waals surface area contributed by atoms with Gasteiger partial charge in [-0.2, -0.15) is 0 Å². The summed E-state index contributed by atoms with van der Waals surface area (Å²) in [5, 5.41) is 6.27. The number of benzene rings is 1. The Morgan fingerprint density at radius 2 is 1.97 bits per heavy atom. The van der Waals surface area contributed by atoms with Crippen molar-refractivity contribution in [3.63, 3.8) is 0 Å². The molecule has 2 amide bonds.